The lowest BCUT2D eigenvalue weighted by Gasteiger charge is -2.08. The van der Waals surface area contributed by atoms with Gasteiger partial charge < -0.3 is 4.74 Å². The summed E-state index contributed by atoms with van der Waals surface area (Å²) in [6.45, 7) is 1.76. The Kier molecular flexibility index (Phi) is 3.97. The van der Waals surface area contributed by atoms with Crippen molar-refractivity contribution in [3.63, 3.8) is 0 Å². The van der Waals surface area contributed by atoms with Crippen molar-refractivity contribution in [2.24, 2.45) is 4.99 Å². The number of benzene rings is 1. The van der Waals surface area contributed by atoms with Crippen molar-refractivity contribution in [3.05, 3.63) is 48.5 Å². The fourth-order valence-corrected chi connectivity index (χ4v) is 1.47. The largest absolute Gasteiger partial charge is 0.573 e. The maximum absolute atomic E-state index is 12.0. The number of alkyl halides is 3. The first-order chi connectivity index (χ1) is 9.44. The lowest BCUT2D eigenvalue weighted by atomic mass is 10.2. The molecular weight excluding hydrogens is 271 g/mol. The second kappa shape index (κ2) is 5.68. The molecule has 0 radical (unpaired) electrons. The number of nitrogens with zero attached hydrogens (tertiary/aromatic N) is 3. The van der Waals surface area contributed by atoms with Crippen molar-refractivity contribution in [3.8, 4) is 5.75 Å². The summed E-state index contributed by atoms with van der Waals surface area (Å²) in [6.07, 6.45) is -0.0813. The molecule has 20 heavy (non-hydrogen) atoms. The molecule has 0 amide bonds. The van der Waals surface area contributed by atoms with Crippen LogP contribution < -0.4 is 4.74 Å². The van der Waals surface area contributed by atoms with Crippen LogP contribution in [-0.2, 0) is 0 Å². The number of aliphatic imine (C=N–C) groups is 1. The Labute approximate surface area is 113 Å². The zero-order valence-corrected chi connectivity index (χ0v) is 10.4. The average molecular weight is 281 g/mol. The molecule has 0 N–H and O–H groups in total. The van der Waals surface area contributed by atoms with Gasteiger partial charge in [0.1, 0.15) is 12.1 Å². The van der Waals surface area contributed by atoms with Crippen LogP contribution in [0.25, 0.3) is 0 Å². The van der Waals surface area contributed by atoms with E-state index in [1.54, 1.807) is 19.3 Å². The summed E-state index contributed by atoms with van der Waals surface area (Å²) in [4.78, 5) is 12.0. The predicted octanol–water partition coefficient (Wildman–Crippen LogP) is 3.52. The van der Waals surface area contributed by atoms with Crippen molar-refractivity contribution in [1.82, 2.24) is 9.97 Å². The summed E-state index contributed by atoms with van der Waals surface area (Å²) in [5, 5.41) is 0. The topological polar surface area (TPSA) is 47.4 Å². The van der Waals surface area contributed by atoms with E-state index >= 15 is 0 Å². The van der Waals surface area contributed by atoms with Crippen LogP contribution in [0.1, 0.15) is 12.5 Å². The minimum atomic E-state index is -4.69. The molecule has 0 spiro atoms. The summed E-state index contributed by atoms with van der Waals surface area (Å²) in [6, 6.07) is 5.30. The van der Waals surface area contributed by atoms with Gasteiger partial charge in [-0.1, -0.05) is 0 Å². The number of hydrogen-bond donors (Lipinski definition) is 0. The molecule has 0 unspecified atom stereocenters. The minimum Gasteiger partial charge on any atom is -0.406 e. The molecule has 1 aromatic carbocycles. The molecule has 1 aromatic heterocycles. The van der Waals surface area contributed by atoms with E-state index in [9.17, 15) is 13.2 Å². The average Bonchev–Trinajstić information content (AvgIpc) is 2.40. The van der Waals surface area contributed by atoms with Crippen LogP contribution >= 0.6 is 0 Å². The highest BCUT2D eigenvalue weighted by molar-refractivity contribution is 5.99. The van der Waals surface area contributed by atoms with Crippen LogP contribution in [-0.4, -0.2) is 22.0 Å². The number of halogens is 3. The van der Waals surface area contributed by atoms with Crippen LogP contribution in [0.3, 0.4) is 0 Å². The van der Waals surface area contributed by atoms with Gasteiger partial charge in [-0.05, 0) is 31.2 Å². The van der Waals surface area contributed by atoms with Crippen LogP contribution in [0.2, 0.25) is 0 Å². The Morgan fingerprint density at radius 1 is 1.10 bits per heavy atom. The summed E-state index contributed by atoms with van der Waals surface area (Å²) in [5.74, 6) is -0.280. The Morgan fingerprint density at radius 3 is 2.25 bits per heavy atom. The fraction of sp³-hybridized carbons (Fsp3) is 0.154. The first-order valence-electron chi connectivity index (χ1n) is 5.60. The number of hydrogen-bond acceptors (Lipinski definition) is 4. The lowest BCUT2D eigenvalue weighted by molar-refractivity contribution is -0.274. The Bertz CT molecular complexity index is 595. The van der Waals surface area contributed by atoms with E-state index in [4.69, 9.17) is 0 Å². The zero-order chi connectivity index (χ0) is 14.6. The molecule has 1 heterocycles. The molecule has 4 nitrogen and oxygen atoms in total. The van der Waals surface area contributed by atoms with E-state index in [2.05, 4.69) is 19.7 Å². The zero-order valence-electron chi connectivity index (χ0n) is 10.4. The normalized spacial score (nSPS) is 12.3. The lowest BCUT2D eigenvalue weighted by Crippen LogP contribution is -2.16. The van der Waals surface area contributed by atoms with Gasteiger partial charge in [0.25, 0.3) is 0 Å². The highest BCUT2D eigenvalue weighted by Crippen LogP contribution is 2.25. The first-order valence-corrected chi connectivity index (χ1v) is 5.60. The number of rotatable bonds is 3. The van der Waals surface area contributed by atoms with E-state index in [1.165, 1.54) is 30.6 Å². The van der Waals surface area contributed by atoms with Gasteiger partial charge >= 0.3 is 6.36 Å². The highest BCUT2D eigenvalue weighted by atomic mass is 19.4. The summed E-state index contributed by atoms with van der Waals surface area (Å²) in [5.41, 5.74) is 1.92. The van der Waals surface area contributed by atoms with Gasteiger partial charge in [-0.2, -0.15) is 0 Å². The molecule has 0 saturated heterocycles. The second-order valence-electron chi connectivity index (χ2n) is 3.87. The van der Waals surface area contributed by atoms with Gasteiger partial charge in [-0.25, -0.2) is 9.97 Å². The number of aromatic nitrogens is 2. The molecule has 2 aromatic rings. The molecule has 0 aliphatic rings. The van der Waals surface area contributed by atoms with E-state index in [0.717, 1.165) is 5.56 Å². The van der Waals surface area contributed by atoms with Gasteiger partial charge in [-0.3, -0.25) is 4.99 Å². The molecule has 7 heteroatoms. The summed E-state index contributed by atoms with van der Waals surface area (Å²) >= 11 is 0. The minimum absolute atomic E-state index is 0.280. The molecule has 0 aliphatic heterocycles. The molecule has 0 bridgehead atoms. The van der Waals surface area contributed by atoms with Crippen LogP contribution in [0.5, 0.6) is 5.75 Å². The second-order valence-corrected chi connectivity index (χ2v) is 3.87. The van der Waals surface area contributed by atoms with Gasteiger partial charge in [0, 0.05) is 23.7 Å². The van der Waals surface area contributed by atoms with E-state index < -0.39 is 6.36 Å². The Morgan fingerprint density at radius 2 is 1.70 bits per heavy atom. The fourth-order valence-electron chi connectivity index (χ4n) is 1.47. The summed E-state index contributed by atoms with van der Waals surface area (Å²) in [7, 11) is 0. The number of ether oxygens (including phenoxy) is 1. The van der Waals surface area contributed by atoms with Gasteiger partial charge in [0.05, 0.1) is 5.69 Å². The molecule has 0 atom stereocenters. The quantitative estimate of drug-likeness (QED) is 0.809. The third kappa shape index (κ3) is 4.04. The van der Waals surface area contributed by atoms with Crippen LogP contribution in [0.4, 0.5) is 18.9 Å². The molecule has 104 valence electrons. The predicted molar refractivity (Wildman–Crippen MR) is 67.0 cm³/mol. The van der Waals surface area contributed by atoms with Crippen molar-refractivity contribution < 1.29 is 17.9 Å². The van der Waals surface area contributed by atoms with Gasteiger partial charge in [-0.15, -0.1) is 13.2 Å². The molecule has 0 fully saturated rings. The first kappa shape index (κ1) is 14.0. The van der Waals surface area contributed by atoms with Crippen molar-refractivity contribution in [1.29, 1.82) is 0 Å². The Hall–Kier alpha value is -2.44. The smallest absolute Gasteiger partial charge is 0.406 e. The third-order valence-electron chi connectivity index (χ3n) is 2.35. The van der Waals surface area contributed by atoms with E-state index in [1.807, 2.05) is 0 Å². The standard InChI is InChI=1S/C13H10F3N3O/c1-9(10-6-17-8-18-7-10)19-11-2-4-12(5-3-11)20-13(14,15)16/h2-8H,1H3/b19-9+. The maximum Gasteiger partial charge on any atom is 0.573 e. The van der Waals surface area contributed by atoms with E-state index in [-0.39, 0.29) is 5.75 Å². The highest BCUT2D eigenvalue weighted by Gasteiger charge is 2.30. The third-order valence-corrected chi connectivity index (χ3v) is 2.35. The monoisotopic (exact) mass is 281 g/mol. The van der Waals surface area contributed by atoms with E-state index in [0.29, 0.717) is 11.4 Å². The van der Waals surface area contributed by atoms with Crippen LogP contribution in [0, 0.1) is 0 Å². The van der Waals surface area contributed by atoms with Crippen molar-refractivity contribution in [2.75, 3.05) is 0 Å². The van der Waals surface area contributed by atoms with Gasteiger partial charge in [0.15, 0.2) is 0 Å². The Balaban J connectivity index is 2.15. The molecule has 2 rings (SSSR count). The van der Waals surface area contributed by atoms with Crippen molar-refractivity contribution >= 4 is 11.4 Å². The maximum atomic E-state index is 12.0. The SMILES string of the molecule is C/C(=N\c1ccc(OC(F)(F)F)cc1)c1cncnc1. The molecule has 0 aliphatic carbocycles. The van der Waals surface area contributed by atoms with Gasteiger partial charge in [0.2, 0.25) is 0 Å². The van der Waals surface area contributed by atoms with Crippen molar-refractivity contribution in [2.45, 2.75) is 13.3 Å². The molecule has 0 saturated carbocycles. The summed E-state index contributed by atoms with van der Waals surface area (Å²) < 4.78 is 39.8. The van der Waals surface area contributed by atoms with Crippen LogP contribution in [0.15, 0.2) is 48.0 Å². The molecular formula is C13H10F3N3O.